The zero-order chi connectivity index (χ0) is 29.0. The number of aromatic nitrogens is 1. The van der Waals surface area contributed by atoms with Gasteiger partial charge in [0, 0.05) is 17.3 Å². The highest BCUT2D eigenvalue weighted by atomic mass is 14.7. The Morgan fingerprint density at radius 1 is 0.318 bits per heavy atom. The Kier molecular flexibility index (Phi) is 5.57. The van der Waals surface area contributed by atoms with E-state index in [2.05, 4.69) is 164 Å². The van der Waals surface area contributed by atoms with E-state index in [0.29, 0.717) is 0 Å². The number of hydrogen-bond acceptors (Lipinski definition) is 1. The average Bonchev–Trinajstić information content (AvgIpc) is 3.10. The third kappa shape index (κ3) is 3.83. The quantitative estimate of drug-likeness (QED) is 0.155. The molecule has 0 aliphatic carbocycles. The lowest BCUT2D eigenvalue weighted by Gasteiger charge is -2.17. The molecule has 0 amide bonds. The van der Waals surface area contributed by atoms with E-state index in [1.54, 1.807) is 0 Å². The molecule has 1 heterocycles. The molecule has 1 nitrogen and oxygen atoms in total. The Hall–Kier alpha value is -5.79. The lowest BCUT2D eigenvalue weighted by atomic mass is 9.86. The first-order valence-electron chi connectivity index (χ1n) is 15.1. The Bertz CT molecular complexity index is 2470. The van der Waals surface area contributed by atoms with Gasteiger partial charge in [0.05, 0.1) is 5.69 Å². The smallest absolute Gasteiger partial charge is 0.0708 e. The van der Waals surface area contributed by atoms with Crippen molar-refractivity contribution in [2.45, 2.75) is 0 Å². The van der Waals surface area contributed by atoms with Gasteiger partial charge in [0.15, 0.2) is 0 Å². The standard InChI is InChI=1S/C43H27N/c1-2-11-28(12-3-1)42-36-15-6-8-17-38(36)43(39-18-9-7-16-37(39)42)32-22-24-41(44-27-32)35-20-10-19-33-34(35)23-21-31-25-29-13-4-5-14-30(29)26-40(31)33/h1-27H. The number of fused-ring (bicyclic) bond motifs is 6. The highest BCUT2D eigenvalue weighted by Gasteiger charge is 2.17. The summed E-state index contributed by atoms with van der Waals surface area (Å²) in [4.78, 5) is 5.10. The second-order valence-corrected chi connectivity index (χ2v) is 11.5. The predicted molar refractivity (Wildman–Crippen MR) is 188 cm³/mol. The Morgan fingerprint density at radius 3 is 1.57 bits per heavy atom. The summed E-state index contributed by atoms with van der Waals surface area (Å²) in [6, 6.07) is 57.0. The van der Waals surface area contributed by atoms with Crippen molar-refractivity contribution in [2.75, 3.05) is 0 Å². The van der Waals surface area contributed by atoms with Crippen molar-refractivity contribution in [3.05, 3.63) is 164 Å². The molecule has 0 unspecified atom stereocenters. The minimum Gasteiger partial charge on any atom is -0.256 e. The van der Waals surface area contributed by atoms with Gasteiger partial charge >= 0.3 is 0 Å². The number of benzene rings is 8. The highest BCUT2D eigenvalue weighted by Crippen LogP contribution is 2.44. The largest absolute Gasteiger partial charge is 0.256 e. The first-order chi connectivity index (χ1) is 21.8. The van der Waals surface area contributed by atoms with Gasteiger partial charge in [0.2, 0.25) is 0 Å². The van der Waals surface area contributed by atoms with Crippen molar-refractivity contribution in [3.8, 4) is 33.5 Å². The molecule has 9 aromatic rings. The van der Waals surface area contributed by atoms with Crippen LogP contribution in [-0.4, -0.2) is 4.98 Å². The molecule has 0 atom stereocenters. The monoisotopic (exact) mass is 557 g/mol. The Labute approximate surface area is 255 Å². The van der Waals surface area contributed by atoms with Crippen LogP contribution in [0.15, 0.2) is 164 Å². The van der Waals surface area contributed by atoms with Crippen LogP contribution in [0.2, 0.25) is 0 Å². The number of nitrogens with zero attached hydrogens (tertiary/aromatic N) is 1. The number of hydrogen-bond donors (Lipinski definition) is 0. The minimum atomic E-state index is 0.981. The Morgan fingerprint density at radius 2 is 0.909 bits per heavy atom. The molecular weight excluding hydrogens is 530 g/mol. The van der Waals surface area contributed by atoms with Crippen LogP contribution >= 0.6 is 0 Å². The van der Waals surface area contributed by atoms with Gasteiger partial charge in [-0.1, -0.05) is 140 Å². The molecule has 1 heteroatoms. The molecule has 0 N–H and O–H groups in total. The van der Waals surface area contributed by atoms with Crippen molar-refractivity contribution in [1.29, 1.82) is 0 Å². The third-order valence-electron chi connectivity index (χ3n) is 9.07. The van der Waals surface area contributed by atoms with Crippen LogP contribution in [0.5, 0.6) is 0 Å². The molecule has 0 aliphatic heterocycles. The van der Waals surface area contributed by atoms with Crippen molar-refractivity contribution in [3.63, 3.8) is 0 Å². The second kappa shape index (κ2) is 9.90. The first kappa shape index (κ1) is 24.8. The van der Waals surface area contributed by atoms with E-state index >= 15 is 0 Å². The normalized spacial score (nSPS) is 11.6. The van der Waals surface area contributed by atoms with Crippen molar-refractivity contribution in [2.24, 2.45) is 0 Å². The van der Waals surface area contributed by atoms with Gasteiger partial charge in [0.25, 0.3) is 0 Å². The summed E-state index contributed by atoms with van der Waals surface area (Å²) in [5.41, 5.74) is 6.99. The van der Waals surface area contributed by atoms with E-state index in [0.717, 1.165) is 16.8 Å². The van der Waals surface area contributed by atoms with Crippen LogP contribution in [0.1, 0.15) is 0 Å². The molecule has 9 rings (SSSR count). The summed E-state index contributed by atoms with van der Waals surface area (Å²) >= 11 is 0. The average molecular weight is 558 g/mol. The van der Waals surface area contributed by atoms with Gasteiger partial charge in [-0.2, -0.15) is 0 Å². The molecule has 8 aromatic carbocycles. The highest BCUT2D eigenvalue weighted by molar-refractivity contribution is 6.21. The van der Waals surface area contributed by atoms with Crippen LogP contribution in [-0.2, 0) is 0 Å². The summed E-state index contributed by atoms with van der Waals surface area (Å²) in [7, 11) is 0. The number of rotatable bonds is 3. The molecule has 1 aromatic heterocycles. The maximum atomic E-state index is 5.10. The molecule has 204 valence electrons. The van der Waals surface area contributed by atoms with Crippen LogP contribution in [0.3, 0.4) is 0 Å². The SMILES string of the molecule is c1ccc(-c2c3ccccc3c(-c3ccc(-c4cccc5c4ccc4cc6ccccc6cc45)nc3)c3ccccc23)cc1. The molecule has 0 aliphatic rings. The summed E-state index contributed by atoms with van der Waals surface area (Å²) in [5.74, 6) is 0. The zero-order valence-electron chi connectivity index (χ0n) is 24.0. The summed E-state index contributed by atoms with van der Waals surface area (Å²) < 4.78 is 0. The summed E-state index contributed by atoms with van der Waals surface area (Å²) in [6.45, 7) is 0. The van der Waals surface area contributed by atoms with Crippen molar-refractivity contribution in [1.82, 2.24) is 4.98 Å². The molecular formula is C43H27N. The van der Waals surface area contributed by atoms with Crippen LogP contribution in [0.4, 0.5) is 0 Å². The maximum Gasteiger partial charge on any atom is 0.0708 e. The van der Waals surface area contributed by atoms with E-state index in [-0.39, 0.29) is 0 Å². The van der Waals surface area contributed by atoms with Gasteiger partial charge in [-0.05, 0) is 88.8 Å². The zero-order valence-corrected chi connectivity index (χ0v) is 24.0. The van der Waals surface area contributed by atoms with Gasteiger partial charge < -0.3 is 0 Å². The topological polar surface area (TPSA) is 12.9 Å². The van der Waals surface area contributed by atoms with Gasteiger partial charge in [0.1, 0.15) is 0 Å². The molecule has 0 radical (unpaired) electrons. The molecule has 0 saturated carbocycles. The third-order valence-corrected chi connectivity index (χ3v) is 9.07. The van der Waals surface area contributed by atoms with Crippen LogP contribution in [0.25, 0.3) is 87.4 Å². The van der Waals surface area contributed by atoms with E-state index in [9.17, 15) is 0 Å². The predicted octanol–water partition coefficient (Wildman–Crippen LogP) is 11.8. The second-order valence-electron chi connectivity index (χ2n) is 11.5. The van der Waals surface area contributed by atoms with Crippen LogP contribution in [0, 0.1) is 0 Å². The molecule has 0 bridgehead atoms. The lowest BCUT2D eigenvalue weighted by Crippen LogP contribution is -1.92. The molecule has 0 saturated heterocycles. The Balaban J connectivity index is 1.23. The van der Waals surface area contributed by atoms with E-state index in [1.807, 2.05) is 0 Å². The fraction of sp³-hybridized carbons (Fsp3) is 0. The summed E-state index contributed by atoms with van der Waals surface area (Å²) in [5, 5.41) is 12.5. The van der Waals surface area contributed by atoms with Gasteiger partial charge in [-0.25, -0.2) is 0 Å². The fourth-order valence-corrected chi connectivity index (χ4v) is 7.06. The molecule has 0 fully saturated rings. The van der Waals surface area contributed by atoms with Gasteiger partial charge in [-0.3, -0.25) is 4.98 Å². The molecule has 0 spiro atoms. The van der Waals surface area contributed by atoms with E-state index < -0.39 is 0 Å². The fourth-order valence-electron chi connectivity index (χ4n) is 7.06. The number of pyridine rings is 1. The maximum absolute atomic E-state index is 5.10. The van der Waals surface area contributed by atoms with E-state index in [1.165, 1.54) is 70.6 Å². The summed E-state index contributed by atoms with van der Waals surface area (Å²) in [6.07, 6.45) is 2.05. The first-order valence-corrected chi connectivity index (χ1v) is 15.1. The van der Waals surface area contributed by atoms with Crippen LogP contribution < -0.4 is 0 Å². The van der Waals surface area contributed by atoms with E-state index in [4.69, 9.17) is 4.98 Å². The van der Waals surface area contributed by atoms with Crippen molar-refractivity contribution < 1.29 is 0 Å². The lowest BCUT2D eigenvalue weighted by molar-refractivity contribution is 1.34. The molecule has 44 heavy (non-hydrogen) atoms. The van der Waals surface area contributed by atoms with Crippen molar-refractivity contribution >= 4 is 53.9 Å². The minimum absolute atomic E-state index is 0.981. The van der Waals surface area contributed by atoms with Gasteiger partial charge in [-0.15, -0.1) is 0 Å².